The van der Waals surface area contributed by atoms with Crippen molar-refractivity contribution in [1.82, 2.24) is 0 Å². The van der Waals surface area contributed by atoms with Crippen LogP contribution in [0, 0.1) is 5.92 Å². The molecule has 1 aromatic carbocycles. The van der Waals surface area contributed by atoms with E-state index < -0.39 is 24.5 Å². The Hall–Kier alpha value is -1.72. The van der Waals surface area contributed by atoms with Crippen LogP contribution in [0.5, 0.6) is 5.75 Å². The smallest absolute Gasteiger partial charge is 0.392 e. The summed E-state index contributed by atoms with van der Waals surface area (Å²) < 4.78 is 48.3. The van der Waals surface area contributed by atoms with E-state index in [4.69, 9.17) is 4.74 Å². The summed E-state index contributed by atoms with van der Waals surface area (Å²) in [7, 11) is 1.48. The molecule has 1 rings (SSSR count). The van der Waals surface area contributed by atoms with Gasteiger partial charge in [0.1, 0.15) is 5.75 Å². The average Bonchev–Trinajstić information content (AvgIpc) is 2.38. The van der Waals surface area contributed by atoms with Gasteiger partial charge in [0.25, 0.3) is 0 Å². The Labute approximate surface area is 115 Å². The van der Waals surface area contributed by atoms with E-state index in [1.54, 1.807) is 31.2 Å². The lowest BCUT2D eigenvalue weighted by molar-refractivity contribution is -0.184. The number of hydrogen-bond acceptors (Lipinski definition) is 3. The highest BCUT2D eigenvalue weighted by Gasteiger charge is 2.41. The van der Waals surface area contributed by atoms with Gasteiger partial charge < -0.3 is 9.47 Å². The molecule has 20 heavy (non-hydrogen) atoms. The summed E-state index contributed by atoms with van der Waals surface area (Å²) in [5, 5.41) is 0. The maximum absolute atomic E-state index is 12.9. The van der Waals surface area contributed by atoms with Crippen molar-refractivity contribution in [1.29, 1.82) is 0 Å². The van der Waals surface area contributed by atoms with E-state index in [-0.39, 0.29) is 13.0 Å². The molecule has 0 aliphatic rings. The molecule has 0 N–H and O–H groups in total. The van der Waals surface area contributed by atoms with Crippen LogP contribution in [-0.2, 0) is 16.0 Å². The van der Waals surface area contributed by atoms with Crippen molar-refractivity contribution in [2.45, 2.75) is 25.9 Å². The monoisotopic (exact) mass is 290 g/mol. The number of hydrogen-bond donors (Lipinski definition) is 0. The number of benzene rings is 1. The fraction of sp³-hybridized carbons (Fsp3) is 0.500. The molecule has 0 spiro atoms. The maximum Gasteiger partial charge on any atom is 0.392 e. The first-order chi connectivity index (χ1) is 9.36. The van der Waals surface area contributed by atoms with Crippen molar-refractivity contribution >= 4 is 5.97 Å². The summed E-state index contributed by atoms with van der Waals surface area (Å²) in [5.41, 5.74) is 0.498. The third kappa shape index (κ3) is 5.11. The second-order valence-corrected chi connectivity index (χ2v) is 4.30. The summed E-state index contributed by atoms with van der Waals surface area (Å²) >= 11 is 0. The quantitative estimate of drug-likeness (QED) is 0.754. The summed E-state index contributed by atoms with van der Waals surface area (Å²) in [5.74, 6) is -2.00. The predicted molar refractivity (Wildman–Crippen MR) is 67.5 cm³/mol. The predicted octanol–water partition coefficient (Wildman–Crippen LogP) is 3.37. The minimum absolute atomic E-state index is 0.0753. The minimum atomic E-state index is -4.44. The van der Waals surface area contributed by atoms with Gasteiger partial charge >= 0.3 is 12.1 Å². The highest BCUT2D eigenvalue weighted by atomic mass is 19.4. The van der Waals surface area contributed by atoms with Crippen molar-refractivity contribution in [3.05, 3.63) is 29.8 Å². The van der Waals surface area contributed by atoms with Crippen molar-refractivity contribution in [2.24, 2.45) is 5.92 Å². The van der Waals surface area contributed by atoms with Crippen LogP contribution < -0.4 is 4.74 Å². The molecule has 0 saturated heterocycles. The largest absolute Gasteiger partial charge is 0.497 e. The second kappa shape index (κ2) is 7.17. The molecule has 0 saturated carbocycles. The lowest BCUT2D eigenvalue weighted by Gasteiger charge is -2.19. The normalized spacial score (nSPS) is 12.8. The zero-order valence-electron chi connectivity index (χ0n) is 11.4. The lowest BCUT2D eigenvalue weighted by Crippen LogP contribution is -2.28. The number of methoxy groups -OCH3 is 1. The molecule has 1 unspecified atom stereocenters. The molecule has 0 fully saturated rings. The van der Waals surface area contributed by atoms with Crippen molar-refractivity contribution in [3.63, 3.8) is 0 Å². The number of halogens is 3. The Morgan fingerprint density at radius 1 is 1.25 bits per heavy atom. The van der Waals surface area contributed by atoms with Crippen molar-refractivity contribution in [3.8, 4) is 5.75 Å². The lowest BCUT2D eigenvalue weighted by atomic mass is 9.95. The number of rotatable bonds is 6. The topological polar surface area (TPSA) is 35.5 Å². The molecule has 112 valence electrons. The molecule has 0 heterocycles. The fourth-order valence-electron chi connectivity index (χ4n) is 1.77. The van der Waals surface area contributed by atoms with Crippen LogP contribution in [0.1, 0.15) is 18.9 Å². The molecule has 0 radical (unpaired) electrons. The highest BCUT2D eigenvalue weighted by molar-refractivity contribution is 5.69. The first-order valence-electron chi connectivity index (χ1n) is 6.22. The molecule has 1 aromatic rings. The van der Waals surface area contributed by atoms with E-state index in [1.807, 2.05) is 0 Å². The van der Waals surface area contributed by atoms with Gasteiger partial charge in [0.05, 0.1) is 26.1 Å². The molecule has 0 aliphatic heterocycles. The molecule has 6 heteroatoms. The van der Waals surface area contributed by atoms with Gasteiger partial charge in [-0.1, -0.05) is 12.1 Å². The average molecular weight is 290 g/mol. The van der Waals surface area contributed by atoms with Crippen LogP contribution in [-0.4, -0.2) is 25.9 Å². The van der Waals surface area contributed by atoms with Crippen molar-refractivity contribution < 1.29 is 27.4 Å². The summed E-state index contributed by atoms with van der Waals surface area (Å²) in [4.78, 5) is 11.2. The molecule has 0 aromatic heterocycles. The van der Waals surface area contributed by atoms with Crippen LogP contribution in [0.25, 0.3) is 0 Å². The zero-order chi connectivity index (χ0) is 15.2. The van der Waals surface area contributed by atoms with E-state index in [9.17, 15) is 18.0 Å². The maximum atomic E-state index is 12.9. The van der Waals surface area contributed by atoms with Gasteiger partial charge in [-0.3, -0.25) is 4.79 Å². The number of carbonyl (C=O) groups excluding carboxylic acids is 1. The van der Waals surface area contributed by atoms with Gasteiger partial charge in [0.2, 0.25) is 0 Å². The van der Waals surface area contributed by atoms with E-state index >= 15 is 0 Å². The van der Waals surface area contributed by atoms with E-state index in [0.29, 0.717) is 11.3 Å². The van der Waals surface area contributed by atoms with E-state index in [2.05, 4.69) is 4.74 Å². The van der Waals surface area contributed by atoms with Gasteiger partial charge in [-0.2, -0.15) is 13.2 Å². The van der Waals surface area contributed by atoms with Crippen LogP contribution in [0.4, 0.5) is 13.2 Å². The minimum Gasteiger partial charge on any atom is -0.497 e. The first kappa shape index (κ1) is 16.3. The Kier molecular flexibility index (Phi) is 5.85. The summed E-state index contributed by atoms with van der Waals surface area (Å²) in [6.07, 6.45) is -5.36. The Bertz CT molecular complexity index is 426. The Morgan fingerprint density at radius 2 is 1.85 bits per heavy atom. The SMILES string of the molecule is CCOC(=O)CC(Cc1ccc(OC)cc1)C(F)(F)F. The Morgan fingerprint density at radius 3 is 2.30 bits per heavy atom. The summed E-state index contributed by atoms with van der Waals surface area (Å²) in [6.45, 7) is 1.63. The molecular formula is C14H17F3O3. The van der Waals surface area contributed by atoms with E-state index in [0.717, 1.165) is 0 Å². The molecule has 0 bridgehead atoms. The van der Waals surface area contributed by atoms with Gasteiger partial charge in [-0.15, -0.1) is 0 Å². The molecule has 0 amide bonds. The summed E-state index contributed by atoms with van der Waals surface area (Å²) in [6, 6.07) is 6.30. The number of ether oxygens (including phenoxy) is 2. The van der Waals surface area contributed by atoms with Gasteiger partial charge in [0, 0.05) is 0 Å². The highest BCUT2D eigenvalue weighted by Crippen LogP contribution is 2.32. The van der Waals surface area contributed by atoms with Crippen LogP contribution >= 0.6 is 0 Å². The van der Waals surface area contributed by atoms with Crippen molar-refractivity contribution in [2.75, 3.05) is 13.7 Å². The first-order valence-corrected chi connectivity index (χ1v) is 6.22. The molecule has 3 nitrogen and oxygen atoms in total. The number of esters is 1. The third-order valence-corrected chi connectivity index (χ3v) is 2.82. The molecule has 0 aliphatic carbocycles. The van der Waals surface area contributed by atoms with E-state index in [1.165, 1.54) is 7.11 Å². The van der Waals surface area contributed by atoms with Crippen LogP contribution in [0.2, 0.25) is 0 Å². The van der Waals surface area contributed by atoms with Gasteiger partial charge in [-0.25, -0.2) is 0 Å². The molecular weight excluding hydrogens is 273 g/mol. The van der Waals surface area contributed by atoms with Gasteiger partial charge in [0.15, 0.2) is 0 Å². The fourth-order valence-corrected chi connectivity index (χ4v) is 1.77. The van der Waals surface area contributed by atoms with Gasteiger partial charge in [-0.05, 0) is 31.0 Å². The number of alkyl halides is 3. The zero-order valence-corrected chi connectivity index (χ0v) is 11.4. The third-order valence-electron chi connectivity index (χ3n) is 2.82. The molecule has 1 atom stereocenters. The van der Waals surface area contributed by atoms with Crippen LogP contribution in [0.15, 0.2) is 24.3 Å². The van der Waals surface area contributed by atoms with Crippen LogP contribution in [0.3, 0.4) is 0 Å². The second-order valence-electron chi connectivity index (χ2n) is 4.30. The Balaban J connectivity index is 2.76. The number of carbonyl (C=O) groups is 1. The standard InChI is InChI=1S/C14H17F3O3/c1-3-20-13(18)9-11(14(15,16)17)8-10-4-6-12(19-2)7-5-10/h4-7,11H,3,8-9H2,1-2H3.